The van der Waals surface area contributed by atoms with Gasteiger partial charge in [-0.15, -0.1) is 22.7 Å². The highest BCUT2D eigenvalue weighted by Gasteiger charge is 2.34. The SMILES string of the molecule is O=C(Nc1nc(-c2sc(CI)nc2CO)cs1)[C@H]1C[C@@H](NCc2ccc(C(F)(F)F)cc2)C1. The molecule has 0 saturated heterocycles. The number of nitrogens with zero attached hydrogens (tertiary/aromatic N) is 2. The number of benzene rings is 1. The molecule has 176 valence electrons. The minimum Gasteiger partial charge on any atom is -0.390 e. The monoisotopic (exact) mass is 608 g/mol. The molecule has 1 fully saturated rings. The van der Waals surface area contributed by atoms with Crippen LogP contribution < -0.4 is 10.6 Å². The van der Waals surface area contributed by atoms with E-state index in [1.54, 1.807) is 0 Å². The van der Waals surface area contributed by atoms with Gasteiger partial charge in [0.05, 0.1) is 32.9 Å². The van der Waals surface area contributed by atoms with Crippen molar-refractivity contribution in [3.63, 3.8) is 0 Å². The number of anilines is 1. The van der Waals surface area contributed by atoms with E-state index in [1.807, 2.05) is 5.38 Å². The lowest BCUT2D eigenvalue weighted by atomic mass is 9.79. The van der Waals surface area contributed by atoms with Crippen LogP contribution in [0.25, 0.3) is 10.6 Å². The fourth-order valence-corrected chi connectivity index (χ4v) is 5.78. The summed E-state index contributed by atoms with van der Waals surface area (Å²) in [6.45, 7) is 0.291. The van der Waals surface area contributed by atoms with Crippen molar-refractivity contribution in [3.8, 4) is 10.6 Å². The van der Waals surface area contributed by atoms with Gasteiger partial charge < -0.3 is 15.7 Å². The first-order chi connectivity index (χ1) is 15.8. The van der Waals surface area contributed by atoms with Gasteiger partial charge >= 0.3 is 6.18 Å². The van der Waals surface area contributed by atoms with Crippen LogP contribution in [-0.4, -0.2) is 27.0 Å². The first kappa shape index (κ1) is 24.5. The Labute approximate surface area is 209 Å². The van der Waals surface area contributed by atoms with E-state index in [2.05, 4.69) is 43.2 Å². The Kier molecular flexibility index (Phi) is 7.68. The minimum atomic E-state index is -4.33. The zero-order chi connectivity index (χ0) is 23.6. The fraction of sp³-hybridized carbons (Fsp3) is 0.381. The second-order valence-corrected chi connectivity index (χ2v) is 10.3. The molecule has 0 spiro atoms. The van der Waals surface area contributed by atoms with E-state index in [4.69, 9.17) is 0 Å². The van der Waals surface area contributed by atoms with Crippen LogP contribution in [0.1, 0.15) is 34.7 Å². The van der Waals surface area contributed by atoms with E-state index in [9.17, 15) is 23.1 Å². The van der Waals surface area contributed by atoms with Gasteiger partial charge in [-0.05, 0) is 30.5 Å². The quantitative estimate of drug-likeness (QED) is 0.241. The van der Waals surface area contributed by atoms with Gasteiger partial charge in [0.2, 0.25) is 5.91 Å². The summed E-state index contributed by atoms with van der Waals surface area (Å²) in [5, 5.41) is 18.9. The maximum Gasteiger partial charge on any atom is 0.416 e. The summed E-state index contributed by atoms with van der Waals surface area (Å²) in [4.78, 5) is 22.2. The van der Waals surface area contributed by atoms with E-state index < -0.39 is 11.7 Å². The highest BCUT2D eigenvalue weighted by molar-refractivity contribution is 14.1. The van der Waals surface area contributed by atoms with E-state index >= 15 is 0 Å². The number of hydrogen-bond acceptors (Lipinski definition) is 7. The van der Waals surface area contributed by atoms with Gasteiger partial charge in [0.1, 0.15) is 5.01 Å². The van der Waals surface area contributed by atoms with Crippen LogP contribution >= 0.6 is 45.3 Å². The molecule has 12 heteroatoms. The molecule has 1 aliphatic carbocycles. The first-order valence-corrected chi connectivity index (χ1v) is 13.3. The summed E-state index contributed by atoms with van der Waals surface area (Å²) in [7, 11) is 0. The Hall–Kier alpha value is -1.61. The van der Waals surface area contributed by atoms with Crippen LogP contribution in [0.3, 0.4) is 0 Å². The highest BCUT2D eigenvalue weighted by atomic mass is 127. The number of aromatic nitrogens is 2. The third kappa shape index (κ3) is 5.91. The number of carbonyl (C=O) groups excluding carboxylic acids is 1. The van der Waals surface area contributed by atoms with Crippen LogP contribution in [0.15, 0.2) is 29.6 Å². The summed E-state index contributed by atoms with van der Waals surface area (Å²) in [5.74, 6) is -0.229. The molecule has 0 unspecified atom stereocenters. The average molecular weight is 608 g/mol. The minimum absolute atomic E-state index is 0.0943. The van der Waals surface area contributed by atoms with Crippen molar-refractivity contribution >= 4 is 56.3 Å². The number of halogens is 4. The van der Waals surface area contributed by atoms with E-state index in [0.717, 1.165) is 32.0 Å². The molecule has 0 atom stereocenters. The van der Waals surface area contributed by atoms with Crippen LogP contribution in [0, 0.1) is 5.92 Å². The molecule has 3 aromatic rings. The predicted molar refractivity (Wildman–Crippen MR) is 130 cm³/mol. The zero-order valence-corrected chi connectivity index (χ0v) is 20.9. The van der Waals surface area contributed by atoms with Gasteiger partial charge in [-0.3, -0.25) is 4.79 Å². The summed E-state index contributed by atoms with van der Waals surface area (Å²) in [6.07, 6.45) is -3.01. The molecule has 0 bridgehead atoms. The lowest BCUT2D eigenvalue weighted by Gasteiger charge is -2.34. The van der Waals surface area contributed by atoms with Crippen molar-refractivity contribution in [3.05, 3.63) is 51.5 Å². The van der Waals surface area contributed by atoms with E-state index in [1.165, 1.54) is 34.8 Å². The van der Waals surface area contributed by atoms with Gasteiger partial charge in [0.25, 0.3) is 0 Å². The second-order valence-electron chi connectivity index (χ2n) is 7.64. The summed E-state index contributed by atoms with van der Waals surface area (Å²) in [6, 6.07) is 5.23. The van der Waals surface area contributed by atoms with Gasteiger partial charge in [-0.2, -0.15) is 13.2 Å². The number of hydrogen-bond donors (Lipinski definition) is 3. The zero-order valence-electron chi connectivity index (χ0n) is 17.2. The van der Waals surface area contributed by atoms with Crippen molar-refractivity contribution in [1.82, 2.24) is 15.3 Å². The molecule has 2 aromatic heterocycles. The number of aliphatic hydroxyl groups is 1. The fourth-order valence-electron chi connectivity index (χ4n) is 3.48. The molecule has 1 saturated carbocycles. The maximum atomic E-state index is 12.6. The van der Waals surface area contributed by atoms with E-state index in [-0.39, 0.29) is 24.5 Å². The van der Waals surface area contributed by atoms with Crippen molar-refractivity contribution in [2.45, 2.75) is 42.6 Å². The van der Waals surface area contributed by atoms with Gasteiger partial charge in [-0.25, -0.2) is 9.97 Å². The van der Waals surface area contributed by atoms with Crippen molar-refractivity contribution in [2.75, 3.05) is 5.32 Å². The third-order valence-corrected chi connectivity index (χ3v) is 8.48. The topological polar surface area (TPSA) is 87.1 Å². The Morgan fingerprint density at radius 1 is 1.21 bits per heavy atom. The molecule has 3 N–H and O–H groups in total. The number of thiazole rings is 2. The second kappa shape index (κ2) is 10.3. The number of alkyl halides is 4. The summed E-state index contributed by atoms with van der Waals surface area (Å²) in [5.41, 5.74) is 1.39. The number of carbonyl (C=O) groups is 1. The highest BCUT2D eigenvalue weighted by Crippen LogP contribution is 2.35. The molecule has 6 nitrogen and oxygen atoms in total. The van der Waals surface area contributed by atoms with Crippen molar-refractivity contribution < 1.29 is 23.1 Å². The number of amides is 1. The number of nitrogens with one attached hydrogen (secondary N) is 2. The molecular formula is C21H20F3IN4O2S2. The normalized spacial score (nSPS) is 18.2. The number of rotatable bonds is 8. The molecule has 33 heavy (non-hydrogen) atoms. The number of aliphatic hydroxyl groups excluding tert-OH is 1. The Morgan fingerprint density at radius 3 is 2.58 bits per heavy atom. The standard InChI is InChI=1S/C21H20F3IN4O2S2/c22-21(23,24)13-3-1-11(2-4-13)8-26-14-5-12(6-14)19(31)29-20-28-16(10-32-20)18-15(9-30)27-17(7-25)33-18/h1-4,10,12,14,26,30H,5-9H2,(H,28,29,31)/t12-,14+. The molecule has 0 aliphatic heterocycles. The van der Waals surface area contributed by atoms with Crippen molar-refractivity contribution in [2.24, 2.45) is 5.92 Å². The summed E-state index contributed by atoms with van der Waals surface area (Å²) < 4.78 is 38.7. The molecule has 1 aliphatic rings. The lowest BCUT2D eigenvalue weighted by Crippen LogP contribution is -2.45. The molecule has 1 aromatic carbocycles. The van der Waals surface area contributed by atoms with Crippen LogP contribution in [0.5, 0.6) is 0 Å². The Bertz CT molecular complexity index is 1110. The molecule has 0 radical (unpaired) electrons. The van der Waals surface area contributed by atoms with Crippen LogP contribution in [0.2, 0.25) is 0 Å². The summed E-state index contributed by atoms with van der Waals surface area (Å²) >= 11 is 5.03. The smallest absolute Gasteiger partial charge is 0.390 e. The Balaban J connectivity index is 1.25. The maximum absolute atomic E-state index is 12.6. The Morgan fingerprint density at radius 2 is 1.94 bits per heavy atom. The average Bonchev–Trinajstić information content (AvgIpc) is 3.38. The molecule has 1 amide bonds. The van der Waals surface area contributed by atoms with Crippen LogP contribution in [0.4, 0.5) is 18.3 Å². The largest absolute Gasteiger partial charge is 0.416 e. The van der Waals surface area contributed by atoms with Gasteiger partial charge in [0, 0.05) is 23.9 Å². The van der Waals surface area contributed by atoms with Crippen LogP contribution in [-0.2, 0) is 28.6 Å². The first-order valence-electron chi connectivity index (χ1n) is 10.1. The van der Waals surface area contributed by atoms with E-state index in [0.29, 0.717) is 35.9 Å². The van der Waals surface area contributed by atoms with Gasteiger partial charge in [0.15, 0.2) is 5.13 Å². The molecule has 4 rings (SSSR count). The lowest BCUT2D eigenvalue weighted by molar-refractivity contribution is -0.137. The molecule has 2 heterocycles. The predicted octanol–water partition coefficient (Wildman–Crippen LogP) is 5.22. The molecular weight excluding hydrogens is 588 g/mol. The van der Waals surface area contributed by atoms with Gasteiger partial charge in [-0.1, -0.05) is 34.7 Å². The van der Waals surface area contributed by atoms with Crippen molar-refractivity contribution in [1.29, 1.82) is 0 Å². The third-order valence-electron chi connectivity index (χ3n) is 5.36.